The standard InChI is InChI=1S/C26H38N4O4S/c1-5-29(6-2)18-11-9-17(10-12-18)28-24(33)22-26-16(3)15-19(35-26)20(23(32)27-4)21(26)25(34)30(22)13-7-8-14-31/h9-12,16,19-22,31H,5-8,13-15H2,1-4H3,(H,27,32)(H,28,33)/t16?,19-,20+,21+,22?,26?/m1/s1. The summed E-state index contributed by atoms with van der Waals surface area (Å²) in [4.78, 5) is 44.4. The summed E-state index contributed by atoms with van der Waals surface area (Å²) in [6.07, 6.45) is 1.99. The average Bonchev–Trinajstić information content (AvgIpc) is 3.44. The van der Waals surface area contributed by atoms with E-state index in [-0.39, 0.29) is 35.5 Å². The summed E-state index contributed by atoms with van der Waals surface area (Å²) in [7, 11) is 1.61. The van der Waals surface area contributed by atoms with Crippen LogP contribution in [0.4, 0.5) is 11.4 Å². The molecule has 8 nitrogen and oxygen atoms in total. The smallest absolute Gasteiger partial charge is 0.248 e. The number of nitrogens with zero attached hydrogens (tertiary/aromatic N) is 2. The summed E-state index contributed by atoms with van der Waals surface area (Å²) < 4.78 is -0.622. The molecule has 1 aromatic rings. The average molecular weight is 503 g/mol. The lowest BCUT2D eigenvalue weighted by molar-refractivity contribution is -0.139. The fraction of sp³-hybridized carbons (Fsp3) is 0.654. The van der Waals surface area contributed by atoms with E-state index in [0.717, 1.165) is 25.2 Å². The lowest BCUT2D eigenvalue weighted by Gasteiger charge is -2.38. The predicted octanol–water partition coefficient (Wildman–Crippen LogP) is 2.33. The summed E-state index contributed by atoms with van der Waals surface area (Å²) in [6, 6.07) is 7.17. The molecule has 0 radical (unpaired) electrons. The van der Waals surface area contributed by atoms with Crippen LogP contribution in [0.15, 0.2) is 24.3 Å². The van der Waals surface area contributed by atoms with Gasteiger partial charge in [-0.15, -0.1) is 11.8 Å². The summed E-state index contributed by atoms with van der Waals surface area (Å²) in [6.45, 7) is 8.58. The summed E-state index contributed by atoms with van der Waals surface area (Å²) in [5.74, 6) is -1.20. The molecule has 3 amide bonds. The Kier molecular flexibility index (Phi) is 7.66. The molecule has 192 valence electrons. The quantitative estimate of drug-likeness (QED) is 0.425. The Morgan fingerprint density at radius 1 is 1.17 bits per heavy atom. The van der Waals surface area contributed by atoms with Crippen molar-refractivity contribution in [3.8, 4) is 0 Å². The Bertz CT molecular complexity index is 953. The number of unbranched alkanes of at least 4 members (excludes halogenated alkanes) is 1. The maximum absolute atomic E-state index is 13.9. The number of fused-ring (bicyclic) bond motifs is 1. The summed E-state index contributed by atoms with van der Waals surface area (Å²) >= 11 is 1.68. The molecular formula is C26H38N4O4S. The van der Waals surface area contributed by atoms with Crippen LogP contribution in [0.3, 0.4) is 0 Å². The predicted molar refractivity (Wildman–Crippen MR) is 139 cm³/mol. The van der Waals surface area contributed by atoms with E-state index in [2.05, 4.69) is 36.3 Å². The molecule has 3 aliphatic heterocycles. The molecule has 0 aliphatic carbocycles. The first-order chi connectivity index (χ1) is 16.8. The highest BCUT2D eigenvalue weighted by Crippen LogP contribution is 2.68. The number of aliphatic hydroxyl groups is 1. The Morgan fingerprint density at radius 3 is 2.46 bits per heavy atom. The second-order valence-corrected chi connectivity index (χ2v) is 11.4. The normalized spacial score (nSPS) is 30.9. The van der Waals surface area contributed by atoms with Crippen LogP contribution in [-0.2, 0) is 14.4 Å². The molecule has 4 rings (SSSR count). The van der Waals surface area contributed by atoms with E-state index in [1.165, 1.54) is 0 Å². The first kappa shape index (κ1) is 25.8. The Morgan fingerprint density at radius 2 is 1.86 bits per heavy atom. The van der Waals surface area contributed by atoms with Crippen LogP contribution < -0.4 is 15.5 Å². The van der Waals surface area contributed by atoms with Crippen LogP contribution in [-0.4, -0.2) is 77.1 Å². The van der Waals surface area contributed by atoms with Crippen molar-refractivity contribution in [1.29, 1.82) is 0 Å². The molecule has 1 spiro atoms. The van der Waals surface area contributed by atoms with Gasteiger partial charge in [0.2, 0.25) is 17.7 Å². The molecule has 3 heterocycles. The monoisotopic (exact) mass is 502 g/mol. The van der Waals surface area contributed by atoms with Gasteiger partial charge in [0.1, 0.15) is 6.04 Å². The van der Waals surface area contributed by atoms with Crippen molar-refractivity contribution in [3.63, 3.8) is 0 Å². The number of nitrogens with one attached hydrogen (secondary N) is 2. The van der Waals surface area contributed by atoms with Gasteiger partial charge in [-0.05, 0) is 63.3 Å². The number of hydrogen-bond acceptors (Lipinski definition) is 6. The van der Waals surface area contributed by atoms with Gasteiger partial charge in [-0.1, -0.05) is 6.92 Å². The third kappa shape index (κ3) is 4.20. The lowest BCUT2D eigenvalue weighted by atomic mass is 9.66. The van der Waals surface area contributed by atoms with Gasteiger partial charge in [-0.3, -0.25) is 14.4 Å². The molecule has 3 saturated heterocycles. The van der Waals surface area contributed by atoms with Crippen molar-refractivity contribution in [2.75, 3.05) is 43.5 Å². The maximum atomic E-state index is 13.9. The van der Waals surface area contributed by atoms with Gasteiger partial charge in [0.15, 0.2) is 0 Å². The van der Waals surface area contributed by atoms with Crippen LogP contribution in [0.1, 0.15) is 40.0 Å². The van der Waals surface area contributed by atoms with Crippen LogP contribution in [0.25, 0.3) is 0 Å². The van der Waals surface area contributed by atoms with Crippen molar-refractivity contribution in [2.24, 2.45) is 17.8 Å². The Labute approximate surface area is 212 Å². The SMILES string of the molecule is CCN(CC)c1ccc(NC(=O)C2N(CCCCO)C(=O)[C@@H]3[C@@H](C(=O)NC)[C@H]4CC(C)C23S4)cc1. The van der Waals surface area contributed by atoms with Crippen molar-refractivity contribution in [3.05, 3.63) is 24.3 Å². The zero-order valence-electron chi connectivity index (χ0n) is 21.1. The molecule has 9 heteroatoms. The second kappa shape index (κ2) is 10.4. The molecule has 0 aromatic heterocycles. The number of carbonyl (C=O) groups excluding carboxylic acids is 3. The first-order valence-electron chi connectivity index (χ1n) is 12.8. The first-order valence-corrected chi connectivity index (χ1v) is 13.7. The minimum Gasteiger partial charge on any atom is -0.396 e. The molecule has 3 aliphatic rings. The third-order valence-corrected chi connectivity index (χ3v) is 10.2. The molecule has 3 fully saturated rings. The van der Waals surface area contributed by atoms with E-state index in [0.29, 0.717) is 25.1 Å². The highest BCUT2D eigenvalue weighted by molar-refractivity contribution is 8.02. The van der Waals surface area contributed by atoms with E-state index in [4.69, 9.17) is 0 Å². The number of rotatable bonds is 10. The van der Waals surface area contributed by atoms with Gasteiger partial charge in [-0.2, -0.15) is 0 Å². The van der Waals surface area contributed by atoms with Gasteiger partial charge < -0.3 is 25.5 Å². The van der Waals surface area contributed by atoms with Gasteiger partial charge >= 0.3 is 0 Å². The van der Waals surface area contributed by atoms with E-state index in [9.17, 15) is 19.5 Å². The number of hydrogen-bond donors (Lipinski definition) is 3. The molecule has 3 unspecified atom stereocenters. The highest BCUT2D eigenvalue weighted by Gasteiger charge is 2.75. The molecule has 3 N–H and O–H groups in total. The molecule has 2 bridgehead atoms. The van der Waals surface area contributed by atoms with Crippen LogP contribution in [0, 0.1) is 17.8 Å². The van der Waals surface area contributed by atoms with E-state index < -0.39 is 22.6 Å². The number of carbonyl (C=O) groups is 3. The number of benzene rings is 1. The summed E-state index contributed by atoms with van der Waals surface area (Å²) in [5.41, 5.74) is 1.79. The minimum absolute atomic E-state index is 0.0421. The Hall–Kier alpha value is -2.26. The maximum Gasteiger partial charge on any atom is 0.248 e. The number of aliphatic hydroxyl groups excluding tert-OH is 1. The number of amides is 3. The largest absolute Gasteiger partial charge is 0.396 e. The molecule has 1 aromatic carbocycles. The van der Waals surface area contributed by atoms with Gasteiger partial charge in [0.25, 0.3) is 0 Å². The zero-order valence-corrected chi connectivity index (χ0v) is 21.9. The molecule has 6 atom stereocenters. The number of likely N-dealkylation sites (tertiary alicyclic amines) is 1. The zero-order chi connectivity index (χ0) is 25.3. The lowest BCUT2D eigenvalue weighted by Crippen LogP contribution is -2.55. The minimum atomic E-state index is -0.652. The number of anilines is 2. The second-order valence-electron chi connectivity index (χ2n) is 9.84. The van der Waals surface area contributed by atoms with Crippen molar-refractivity contribution in [1.82, 2.24) is 10.2 Å². The van der Waals surface area contributed by atoms with E-state index in [1.807, 2.05) is 24.3 Å². The fourth-order valence-electron chi connectivity index (χ4n) is 6.48. The van der Waals surface area contributed by atoms with Crippen molar-refractivity contribution >= 4 is 40.9 Å². The highest BCUT2D eigenvalue weighted by atomic mass is 32.2. The summed E-state index contributed by atoms with van der Waals surface area (Å²) in [5, 5.41) is 15.2. The van der Waals surface area contributed by atoms with Crippen LogP contribution in [0.2, 0.25) is 0 Å². The van der Waals surface area contributed by atoms with Crippen molar-refractivity contribution in [2.45, 2.75) is 56.1 Å². The number of thioether (sulfide) groups is 1. The molecular weight excluding hydrogens is 464 g/mol. The van der Waals surface area contributed by atoms with Gasteiger partial charge in [0.05, 0.1) is 16.6 Å². The third-order valence-electron chi connectivity index (χ3n) is 8.11. The molecule has 0 saturated carbocycles. The topological polar surface area (TPSA) is 102 Å². The fourth-order valence-corrected chi connectivity index (χ4v) is 8.90. The van der Waals surface area contributed by atoms with Crippen LogP contribution >= 0.6 is 11.8 Å². The molecule has 35 heavy (non-hydrogen) atoms. The van der Waals surface area contributed by atoms with E-state index in [1.54, 1.807) is 23.7 Å². The van der Waals surface area contributed by atoms with E-state index >= 15 is 0 Å². The Balaban J connectivity index is 1.64. The van der Waals surface area contributed by atoms with Crippen LogP contribution in [0.5, 0.6) is 0 Å². The van der Waals surface area contributed by atoms with Crippen molar-refractivity contribution < 1.29 is 19.5 Å². The van der Waals surface area contributed by atoms with Gasteiger partial charge in [0, 0.05) is 49.9 Å². The van der Waals surface area contributed by atoms with Gasteiger partial charge in [-0.25, -0.2) is 0 Å².